The van der Waals surface area contributed by atoms with Crippen LogP contribution in [0.4, 0.5) is 0 Å². The van der Waals surface area contributed by atoms with Gasteiger partial charge in [-0.05, 0) is 48.5 Å². The Balaban J connectivity index is 1.47. The minimum Gasteiger partial charge on any atom is -0.309 e. The summed E-state index contributed by atoms with van der Waals surface area (Å²) in [7, 11) is 0. The maximum atomic E-state index is 4.78. The number of fused-ring (bicyclic) bond motifs is 4. The molecule has 0 saturated heterocycles. The number of rotatable bonds is 3. The van der Waals surface area contributed by atoms with Gasteiger partial charge < -0.3 is 4.57 Å². The van der Waals surface area contributed by atoms with Crippen LogP contribution in [0.3, 0.4) is 0 Å². The fourth-order valence-electron chi connectivity index (χ4n) is 4.81. The van der Waals surface area contributed by atoms with Crippen molar-refractivity contribution in [2.45, 2.75) is 0 Å². The van der Waals surface area contributed by atoms with Gasteiger partial charge in [0.1, 0.15) is 0 Å². The smallest absolute Gasteiger partial charge is 0.0927 e. The Hall–Kier alpha value is -4.70. The number of hydrogen-bond acceptors (Lipinski definition) is 2. The van der Waals surface area contributed by atoms with Gasteiger partial charge in [-0.2, -0.15) is 5.10 Å². The van der Waals surface area contributed by atoms with Crippen LogP contribution in [-0.2, 0) is 0 Å². The molecule has 0 radical (unpaired) electrons. The number of pyridine rings is 1. The summed E-state index contributed by atoms with van der Waals surface area (Å²) in [5, 5.41) is 8.38. The summed E-state index contributed by atoms with van der Waals surface area (Å²) in [5.41, 5.74) is 7.53. The quantitative estimate of drug-likeness (QED) is 0.294. The van der Waals surface area contributed by atoms with Crippen molar-refractivity contribution in [3.05, 3.63) is 122 Å². The van der Waals surface area contributed by atoms with Crippen molar-refractivity contribution in [1.29, 1.82) is 0 Å². The molecule has 0 aliphatic carbocycles. The molecule has 7 aromatic rings. The van der Waals surface area contributed by atoms with Gasteiger partial charge in [-0.1, -0.05) is 60.7 Å². The van der Waals surface area contributed by atoms with Crippen LogP contribution in [0.15, 0.2) is 122 Å². The number of para-hydroxylation sites is 1. The predicted octanol–water partition coefficient (Wildman–Crippen LogP) is 7.18. The van der Waals surface area contributed by atoms with Gasteiger partial charge >= 0.3 is 0 Å². The van der Waals surface area contributed by atoms with Crippen molar-refractivity contribution in [3.8, 4) is 22.6 Å². The summed E-state index contributed by atoms with van der Waals surface area (Å²) >= 11 is 0. The lowest BCUT2D eigenvalue weighted by molar-refractivity contribution is 0.894. The van der Waals surface area contributed by atoms with Gasteiger partial charge in [0.05, 0.1) is 27.9 Å². The molecule has 4 aromatic carbocycles. The van der Waals surface area contributed by atoms with Crippen molar-refractivity contribution in [2.75, 3.05) is 0 Å². The predicted molar refractivity (Wildman–Crippen MR) is 139 cm³/mol. The van der Waals surface area contributed by atoms with E-state index in [9.17, 15) is 0 Å². The van der Waals surface area contributed by atoms with E-state index in [1.165, 1.54) is 16.3 Å². The third-order valence-electron chi connectivity index (χ3n) is 6.40. The first-order valence-corrected chi connectivity index (χ1v) is 11.3. The Labute approximate surface area is 196 Å². The van der Waals surface area contributed by atoms with Crippen molar-refractivity contribution in [3.63, 3.8) is 0 Å². The topological polar surface area (TPSA) is 35.6 Å². The summed E-state index contributed by atoms with van der Waals surface area (Å²) in [6.07, 6.45) is 3.92. The van der Waals surface area contributed by atoms with E-state index >= 15 is 0 Å². The van der Waals surface area contributed by atoms with E-state index in [-0.39, 0.29) is 0 Å². The zero-order chi connectivity index (χ0) is 22.5. The molecule has 3 heterocycles. The molecule has 0 unspecified atom stereocenters. The molecule has 0 saturated carbocycles. The van der Waals surface area contributed by atoms with E-state index in [0.29, 0.717) is 0 Å². The average molecular weight is 437 g/mol. The molecule has 0 fully saturated rings. The van der Waals surface area contributed by atoms with Crippen LogP contribution < -0.4 is 0 Å². The molecular weight excluding hydrogens is 416 g/mol. The Morgan fingerprint density at radius 1 is 0.588 bits per heavy atom. The van der Waals surface area contributed by atoms with Crippen LogP contribution >= 0.6 is 0 Å². The molecule has 0 atom stereocenters. The summed E-state index contributed by atoms with van der Waals surface area (Å²) in [6, 6.07) is 38.0. The number of aromatic nitrogens is 4. The number of nitrogens with zero attached hydrogens (tertiary/aromatic N) is 4. The highest BCUT2D eigenvalue weighted by atomic mass is 15.3. The summed E-state index contributed by atoms with van der Waals surface area (Å²) in [5.74, 6) is 0. The second kappa shape index (κ2) is 7.42. The lowest BCUT2D eigenvalue weighted by atomic mass is 10.1. The molecule has 0 bridgehead atoms. The van der Waals surface area contributed by atoms with Crippen LogP contribution in [-0.4, -0.2) is 19.3 Å². The minimum absolute atomic E-state index is 0.971. The van der Waals surface area contributed by atoms with Crippen molar-refractivity contribution >= 4 is 32.7 Å². The fourth-order valence-corrected chi connectivity index (χ4v) is 4.81. The molecule has 0 aliphatic rings. The Morgan fingerprint density at radius 3 is 2.32 bits per heavy atom. The maximum absolute atomic E-state index is 4.78. The first-order valence-electron chi connectivity index (χ1n) is 11.3. The lowest BCUT2D eigenvalue weighted by Crippen LogP contribution is -1.98. The van der Waals surface area contributed by atoms with Crippen molar-refractivity contribution in [2.24, 2.45) is 0 Å². The fraction of sp³-hybridized carbons (Fsp3) is 0. The first kappa shape index (κ1) is 18.8. The first-order chi connectivity index (χ1) is 16.8. The van der Waals surface area contributed by atoms with E-state index in [1.807, 2.05) is 41.2 Å². The molecule has 4 heteroatoms. The zero-order valence-electron chi connectivity index (χ0n) is 18.3. The van der Waals surface area contributed by atoms with Crippen LogP contribution in [0.25, 0.3) is 55.3 Å². The van der Waals surface area contributed by atoms with Crippen LogP contribution in [0.2, 0.25) is 0 Å². The monoisotopic (exact) mass is 436 g/mol. The second-order valence-corrected chi connectivity index (χ2v) is 8.45. The molecule has 7 rings (SSSR count). The average Bonchev–Trinajstić information content (AvgIpc) is 3.48. The van der Waals surface area contributed by atoms with Gasteiger partial charge in [0.15, 0.2) is 0 Å². The Morgan fingerprint density at radius 2 is 1.41 bits per heavy atom. The third kappa shape index (κ3) is 2.93. The molecule has 4 nitrogen and oxygen atoms in total. The molecule has 0 N–H and O–H groups in total. The van der Waals surface area contributed by atoms with Gasteiger partial charge in [0, 0.05) is 39.8 Å². The highest BCUT2D eigenvalue weighted by Crippen LogP contribution is 2.34. The molecule has 0 spiro atoms. The lowest BCUT2D eigenvalue weighted by Gasteiger charge is -2.11. The largest absolute Gasteiger partial charge is 0.309 e. The van der Waals surface area contributed by atoms with Crippen LogP contribution in [0.5, 0.6) is 0 Å². The Bertz CT molecular complexity index is 1780. The van der Waals surface area contributed by atoms with E-state index in [4.69, 9.17) is 5.10 Å². The Kier molecular flexibility index (Phi) is 4.11. The standard InChI is InChI=1S/C30H20N4/c1-3-13-28-22(8-1)20-33(32-28)23-9-7-10-24(19-23)34-29-14-4-2-11-25(29)26-16-15-21(18-30(26)34)27-12-5-6-17-31-27/h1-20H. The number of benzene rings is 4. The van der Waals surface area contributed by atoms with Crippen molar-refractivity contribution in [1.82, 2.24) is 19.3 Å². The molecule has 34 heavy (non-hydrogen) atoms. The van der Waals surface area contributed by atoms with Crippen LogP contribution in [0, 0.1) is 0 Å². The van der Waals surface area contributed by atoms with Gasteiger partial charge in [-0.3, -0.25) is 4.98 Å². The highest BCUT2D eigenvalue weighted by Gasteiger charge is 2.14. The molecular formula is C30H20N4. The van der Waals surface area contributed by atoms with E-state index in [2.05, 4.69) is 94.6 Å². The highest BCUT2D eigenvalue weighted by molar-refractivity contribution is 6.10. The second-order valence-electron chi connectivity index (χ2n) is 8.45. The molecule has 0 amide bonds. The molecule has 160 valence electrons. The maximum Gasteiger partial charge on any atom is 0.0927 e. The van der Waals surface area contributed by atoms with Gasteiger partial charge in [0.2, 0.25) is 0 Å². The minimum atomic E-state index is 0.971. The molecule has 3 aromatic heterocycles. The van der Waals surface area contributed by atoms with Gasteiger partial charge in [-0.25, -0.2) is 4.68 Å². The van der Waals surface area contributed by atoms with Gasteiger partial charge in [0.25, 0.3) is 0 Å². The normalized spacial score (nSPS) is 11.5. The summed E-state index contributed by atoms with van der Waals surface area (Å²) in [4.78, 5) is 4.57. The van der Waals surface area contributed by atoms with Crippen LogP contribution in [0.1, 0.15) is 0 Å². The van der Waals surface area contributed by atoms with E-state index in [1.54, 1.807) is 0 Å². The third-order valence-corrected chi connectivity index (χ3v) is 6.40. The van der Waals surface area contributed by atoms with E-state index in [0.717, 1.165) is 39.1 Å². The SMILES string of the molecule is c1ccc(-c2ccc3c4ccccc4n(-c4cccc(-n5cc6ccccc6n5)c4)c3c2)nc1. The van der Waals surface area contributed by atoms with E-state index < -0.39 is 0 Å². The molecule has 0 aliphatic heterocycles. The summed E-state index contributed by atoms with van der Waals surface area (Å²) in [6.45, 7) is 0. The zero-order valence-corrected chi connectivity index (χ0v) is 18.3. The summed E-state index contributed by atoms with van der Waals surface area (Å²) < 4.78 is 4.30. The number of hydrogen-bond donors (Lipinski definition) is 0. The van der Waals surface area contributed by atoms with Gasteiger partial charge in [-0.15, -0.1) is 0 Å². The van der Waals surface area contributed by atoms with Crippen molar-refractivity contribution < 1.29 is 0 Å².